The SMILES string of the molecule is CC1(c2ccsc2)NC(=O)N(CCOc2ccc(Br)cc2)C1=O. The number of thiophene rings is 1. The van der Waals surface area contributed by atoms with Crippen molar-refractivity contribution < 1.29 is 14.3 Å². The molecule has 1 saturated heterocycles. The Kier molecular flexibility index (Phi) is 4.41. The van der Waals surface area contributed by atoms with Gasteiger partial charge in [-0.25, -0.2) is 4.79 Å². The molecule has 0 bridgehead atoms. The Morgan fingerprint density at radius 2 is 2.00 bits per heavy atom. The molecule has 3 rings (SSSR count). The van der Waals surface area contributed by atoms with Gasteiger partial charge in [0.25, 0.3) is 5.91 Å². The van der Waals surface area contributed by atoms with Crippen LogP contribution in [-0.2, 0) is 10.3 Å². The van der Waals surface area contributed by atoms with Crippen molar-refractivity contribution in [2.24, 2.45) is 0 Å². The highest BCUT2D eigenvalue weighted by molar-refractivity contribution is 9.10. The summed E-state index contributed by atoms with van der Waals surface area (Å²) in [4.78, 5) is 25.9. The van der Waals surface area contributed by atoms with Crippen molar-refractivity contribution in [1.82, 2.24) is 10.2 Å². The summed E-state index contributed by atoms with van der Waals surface area (Å²) < 4.78 is 6.55. The van der Waals surface area contributed by atoms with Gasteiger partial charge >= 0.3 is 6.03 Å². The van der Waals surface area contributed by atoms with Crippen LogP contribution >= 0.6 is 27.3 Å². The Labute approximate surface area is 146 Å². The van der Waals surface area contributed by atoms with Crippen molar-refractivity contribution in [3.05, 3.63) is 51.1 Å². The molecule has 1 N–H and O–H groups in total. The number of rotatable bonds is 5. The number of carbonyl (C=O) groups is 2. The second kappa shape index (κ2) is 6.33. The zero-order valence-corrected chi connectivity index (χ0v) is 14.8. The van der Waals surface area contributed by atoms with E-state index in [1.54, 1.807) is 6.92 Å². The number of hydrogen-bond donors (Lipinski definition) is 1. The lowest BCUT2D eigenvalue weighted by Gasteiger charge is -2.20. The molecule has 120 valence electrons. The lowest BCUT2D eigenvalue weighted by Crippen LogP contribution is -2.41. The summed E-state index contributed by atoms with van der Waals surface area (Å²) in [6.07, 6.45) is 0. The standard InChI is InChI=1S/C16H15BrN2O3S/c1-16(11-6-9-23-10-11)14(20)19(15(21)18-16)7-8-22-13-4-2-12(17)3-5-13/h2-6,9-10H,7-8H2,1H3,(H,18,21). The first-order valence-corrected chi connectivity index (χ1v) is 8.79. The van der Waals surface area contributed by atoms with E-state index in [1.807, 2.05) is 41.1 Å². The largest absolute Gasteiger partial charge is 0.492 e. The van der Waals surface area contributed by atoms with E-state index in [4.69, 9.17) is 4.74 Å². The van der Waals surface area contributed by atoms with Crippen LogP contribution < -0.4 is 10.1 Å². The molecule has 1 aliphatic rings. The molecule has 3 amide bonds. The topological polar surface area (TPSA) is 58.6 Å². The highest BCUT2D eigenvalue weighted by Crippen LogP contribution is 2.30. The number of imide groups is 1. The van der Waals surface area contributed by atoms with Crippen molar-refractivity contribution in [3.63, 3.8) is 0 Å². The van der Waals surface area contributed by atoms with Gasteiger partial charge in [-0.15, -0.1) is 0 Å². The normalized spacial score (nSPS) is 20.7. The Bertz CT molecular complexity index is 717. The van der Waals surface area contributed by atoms with Gasteiger partial charge in [-0.3, -0.25) is 9.69 Å². The molecule has 1 unspecified atom stereocenters. The fourth-order valence-electron chi connectivity index (χ4n) is 2.43. The fourth-order valence-corrected chi connectivity index (χ4v) is 3.46. The summed E-state index contributed by atoms with van der Waals surface area (Å²) in [5.74, 6) is 0.446. The number of halogens is 1. The maximum atomic E-state index is 12.6. The minimum absolute atomic E-state index is 0.209. The summed E-state index contributed by atoms with van der Waals surface area (Å²) in [5.41, 5.74) is -0.188. The quantitative estimate of drug-likeness (QED) is 0.790. The van der Waals surface area contributed by atoms with Crippen LogP contribution in [0.5, 0.6) is 5.75 Å². The van der Waals surface area contributed by atoms with E-state index in [2.05, 4.69) is 21.2 Å². The van der Waals surface area contributed by atoms with Crippen LogP contribution in [0.25, 0.3) is 0 Å². The van der Waals surface area contributed by atoms with E-state index in [9.17, 15) is 9.59 Å². The Hall–Kier alpha value is -1.86. The van der Waals surface area contributed by atoms with Gasteiger partial charge in [-0.05, 0) is 53.6 Å². The molecular formula is C16H15BrN2O3S. The molecule has 1 aromatic carbocycles. The van der Waals surface area contributed by atoms with Gasteiger partial charge in [0.15, 0.2) is 0 Å². The number of ether oxygens (including phenoxy) is 1. The molecule has 1 aromatic heterocycles. The number of hydrogen-bond acceptors (Lipinski definition) is 4. The van der Waals surface area contributed by atoms with Crippen molar-refractivity contribution in [3.8, 4) is 5.75 Å². The Morgan fingerprint density at radius 1 is 1.26 bits per heavy atom. The predicted molar refractivity (Wildman–Crippen MR) is 91.6 cm³/mol. The van der Waals surface area contributed by atoms with Gasteiger partial charge in [0.1, 0.15) is 17.9 Å². The molecule has 0 spiro atoms. The minimum Gasteiger partial charge on any atom is -0.492 e. The van der Waals surface area contributed by atoms with Crippen LogP contribution in [0.4, 0.5) is 4.79 Å². The van der Waals surface area contributed by atoms with E-state index in [0.717, 1.165) is 10.0 Å². The molecular weight excluding hydrogens is 380 g/mol. The summed E-state index contributed by atoms with van der Waals surface area (Å²) in [5, 5.41) is 6.53. The molecule has 0 aliphatic carbocycles. The molecule has 0 saturated carbocycles. The average molecular weight is 395 g/mol. The van der Waals surface area contributed by atoms with Crippen LogP contribution in [0.15, 0.2) is 45.6 Å². The van der Waals surface area contributed by atoms with Gasteiger partial charge in [0.05, 0.1) is 6.54 Å². The zero-order valence-electron chi connectivity index (χ0n) is 12.4. The summed E-state index contributed by atoms with van der Waals surface area (Å²) in [6.45, 7) is 2.19. The first-order chi connectivity index (χ1) is 11.0. The average Bonchev–Trinajstić information content (AvgIpc) is 3.13. The summed E-state index contributed by atoms with van der Waals surface area (Å²) in [6, 6.07) is 8.86. The molecule has 1 aliphatic heterocycles. The van der Waals surface area contributed by atoms with Crippen LogP contribution in [0.1, 0.15) is 12.5 Å². The third kappa shape index (κ3) is 3.11. The summed E-state index contributed by atoms with van der Waals surface area (Å²) in [7, 11) is 0. The third-order valence-electron chi connectivity index (χ3n) is 3.77. The third-order valence-corrected chi connectivity index (χ3v) is 4.98. The van der Waals surface area contributed by atoms with Crippen LogP contribution in [-0.4, -0.2) is 30.0 Å². The van der Waals surface area contributed by atoms with Crippen molar-refractivity contribution in [2.75, 3.05) is 13.2 Å². The number of benzene rings is 1. The second-order valence-corrected chi connectivity index (χ2v) is 7.02. The molecule has 2 aromatic rings. The minimum atomic E-state index is -0.991. The Morgan fingerprint density at radius 3 is 2.65 bits per heavy atom. The van der Waals surface area contributed by atoms with Gasteiger partial charge in [0, 0.05) is 4.47 Å². The van der Waals surface area contributed by atoms with Gasteiger partial charge in [0.2, 0.25) is 0 Å². The van der Waals surface area contributed by atoms with E-state index in [0.29, 0.717) is 5.75 Å². The molecule has 5 nitrogen and oxygen atoms in total. The van der Waals surface area contributed by atoms with E-state index in [-0.39, 0.29) is 25.1 Å². The maximum Gasteiger partial charge on any atom is 0.325 e. The van der Waals surface area contributed by atoms with Crippen LogP contribution in [0.3, 0.4) is 0 Å². The van der Waals surface area contributed by atoms with Crippen molar-refractivity contribution in [2.45, 2.75) is 12.5 Å². The maximum absolute atomic E-state index is 12.6. The molecule has 2 heterocycles. The van der Waals surface area contributed by atoms with Crippen molar-refractivity contribution >= 4 is 39.2 Å². The Balaban J connectivity index is 1.63. The van der Waals surface area contributed by atoms with Crippen LogP contribution in [0.2, 0.25) is 0 Å². The smallest absolute Gasteiger partial charge is 0.325 e. The number of urea groups is 1. The van der Waals surface area contributed by atoms with Gasteiger partial charge < -0.3 is 10.1 Å². The van der Waals surface area contributed by atoms with E-state index >= 15 is 0 Å². The number of nitrogens with one attached hydrogen (secondary N) is 1. The number of carbonyl (C=O) groups excluding carboxylic acids is 2. The first kappa shape index (κ1) is 16.0. The first-order valence-electron chi connectivity index (χ1n) is 7.06. The lowest BCUT2D eigenvalue weighted by atomic mass is 9.95. The molecule has 1 fully saturated rings. The van der Waals surface area contributed by atoms with Gasteiger partial charge in [-0.1, -0.05) is 15.9 Å². The van der Waals surface area contributed by atoms with Gasteiger partial charge in [-0.2, -0.15) is 11.3 Å². The van der Waals surface area contributed by atoms with E-state index in [1.165, 1.54) is 16.2 Å². The molecule has 7 heteroatoms. The number of amides is 3. The number of nitrogens with zero attached hydrogens (tertiary/aromatic N) is 1. The predicted octanol–water partition coefficient (Wildman–Crippen LogP) is 3.36. The monoisotopic (exact) mass is 394 g/mol. The van der Waals surface area contributed by atoms with Crippen LogP contribution in [0, 0.1) is 0 Å². The second-order valence-electron chi connectivity index (χ2n) is 5.33. The highest BCUT2D eigenvalue weighted by atomic mass is 79.9. The lowest BCUT2D eigenvalue weighted by molar-refractivity contribution is -0.131. The fraction of sp³-hybridized carbons (Fsp3) is 0.250. The highest BCUT2D eigenvalue weighted by Gasteiger charge is 2.48. The van der Waals surface area contributed by atoms with E-state index < -0.39 is 5.54 Å². The summed E-state index contributed by atoms with van der Waals surface area (Å²) >= 11 is 4.85. The molecule has 1 atom stereocenters. The molecule has 0 radical (unpaired) electrons. The molecule has 23 heavy (non-hydrogen) atoms. The van der Waals surface area contributed by atoms with Crippen molar-refractivity contribution in [1.29, 1.82) is 0 Å². The zero-order chi connectivity index (χ0) is 16.4.